The van der Waals surface area contributed by atoms with Gasteiger partial charge in [-0.15, -0.1) is 10.2 Å². The third kappa shape index (κ3) is 3.20. The molecule has 92 valence electrons. The number of hydrogen-bond donors (Lipinski definition) is 2. The van der Waals surface area contributed by atoms with Crippen molar-refractivity contribution in [1.29, 1.82) is 5.26 Å². The maximum Gasteiger partial charge on any atom is 0.203 e. The van der Waals surface area contributed by atoms with Crippen molar-refractivity contribution in [3.8, 4) is 6.07 Å². The summed E-state index contributed by atoms with van der Waals surface area (Å²) in [7, 11) is 0. The van der Waals surface area contributed by atoms with Crippen LogP contribution in [0.25, 0.3) is 0 Å². The van der Waals surface area contributed by atoms with E-state index in [9.17, 15) is 5.11 Å². The molecule has 0 aliphatic carbocycles. The molecule has 0 aliphatic rings. The second-order valence-corrected chi connectivity index (χ2v) is 5.74. The van der Waals surface area contributed by atoms with Crippen LogP contribution in [0, 0.1) is 11.3 Å². The predicted molar refractivity (Wildman–Crippen MR) is 71.2 cm³/mol. The van der Waals surface area contributed by atoms with E-state index >= 15 is 0 Å². The van der Waals surface area contributed by atoms with Crippen LogP contribution in [0.15, 0.2) is 28.6 Å². The van der Waals surface area contributed by atoms with Crippen LogP contribution >= 0.6 is 23.1 Å². The van der Waals surface area contributed by atoms with E-state index in [2.05, 4.69) is 10.2 Å². The van der Waals surface area contributed by atoms with Crippen LogP contribution in [0.4, 0.5) is 5.13 Å². The highest BCUT2D eigenvalue weighted by Gasteiger charge is 2.10. The summed E-state index contributed by atoms with van der Waals surface area (Å²) >= 11 is 2.70. The van der Waals surface area contributed by atoms with Gasteiger partial charge in [-0.05, 0) is 17.7 Å². The largest absolute Gasteiger partial charge is 0.388 e. The van der Waals surface area contributed by atoms with Gasteiger partial charge in [0, 0.05) is 5.75 Å². The number of thioether (sulfide) groups is 1. The van der Waals surface area contributed by atoms with Crippen LogP contribution in [-0.2, 0) is 0 Å². The number of benzene rings is 1. The van der Waals surface area contributed by atoms with E-state index in [0.29, 0.717) is 16.4 Å². The molecule has 5 nitrogen and oxygen atoms in total. The fraction of sp³-hybridized carbons (Fsp3) is 0.182. The number of nitrogen functional groups attached to an aromatic ring is 1. The molecule has 0 saturated carbocycles. The molecule has 1 aromatic carbocycles. The van der Waals surface area contributed by atoms with Crippen LogP contribution < -0.4 is 5.73 Å². The molecule has 1 heterocycles. The van der Waals surface area contributed by atoms with Gasteiger partial charge in [0.1, 0.15) is 0 Å². The van der Waals surface area contributed by atoms with Gasteiger partial charge in [-0.25, -0.2) is 0 Å². The van der Waals surface area contributed by atoms with Crippen LogP contribution in [0.3, 0.4) is 0 Å². The van der Waals surface area contributed by atoms with Gasteiger partial charge in [0.15, 0.2) is 4.34 Å². The van der Waals surface area contributed by atoms with Crippen molar-refractivity contribution in [3.05, 3.63) is 35.4 Å². The number of nitriles is 1. The molecule has 18 heavy (non-hydrogen) atoms. The van der Waals surface area contributed by atoms with Gasteiger partial charge in [0.2, 0.25) is 5.13 Å². The average molecular weight is 278 g/mol. The number of aromatic nitrogens is 2. The second kappa shape index (κ2) is 5.82. The molecule has 0 bridgehead atoms. The predicted octanol–water partition coefficient (Wildman–Crippen LogP) is 1.82. The Morgan fingerprint density at radius 1 is 1.39 bits per heavy atom. The number of nitrogens with two attached hydrogens (primary N) is 1. The summed E-state index contributed by atoms with van der Waals surface area (Å²) in [6.07, 6.45) is -0.604. The SMILES string of the molecule is N#Cc1ccc(C(O)CSc2nnc(N)s2)cc1. The summed E-state index contributed by atoms with van der Waals surface area (Å²) < 4.78 is 0.736. The maximum atomic E-state index is 9.97. The van der Waals surface area contributed by atoms with E-state index in [-0.39, 0.29) is 0 Å². The number of aliphatic hydroxyl groups is 1. The summed E-state index contributed by atoms with van der Waals surface area (Å²) in [6.45, 7) is 0. The first kappa shape index (κ1) is 12.8. The van der Waals surface area contributed by atoms with Crippen molar-refractivity contribution in [2.45, 2.75) is 10.4 Å². The number of rotatable bonds is 4. The van der Waals surface area contributed by atoms with E-state index in [1.807, 2.05) is 6.07 Å². The Balaban J connectivity index is 1.95. The zero-order valence-corrected chi connectivity index (χ0v) is 10.9. The number of aliphatic hydroxyl groups excluding tert-OH is 1. The third-order valence-corrected chi connectivity index (χ3v) is 4.17. The minimum absolute atomic E-state index is 0.422. The molecule has 0 saturated heterocycles. The van der Waals surface area contributed by atoms with Gasteiger partial charge in [0.05, 0.1) is 17.7 Å². The van der Waals surface area contributed by atoms with Crippen LogP contribution in [-0.4, -0.2) is 21.1 Å². The van der Waals surface area contributed by atoms with Crippen molar-refractivity contribution >= 4 is 28.2 Å². The number of anilines is 1. The molecule has 0 fully saturated rings. The Kier molecular flexibility index (Phi) is 4.15. The van der Waals surface area contributed by atoms with E-state index in [0.717, 1.165) is 9.90 Å². The van der Waals surface area contributed by atoms with Crippen molar-refractivity contribution in [1.82, 2.24) is 10.2 Å². The fourth-order valence-electron chi connectivity index (χ4n) is 1.30. The fourth-order valence-corrected chi connectivity index (χ4v) is 2.93. The molecule has 2 rings (SSSR count). The van der Waals surface area contributed by atoms with Gasteiger partial charge in [0.25, 0.3) is 0 Å². The topological polar surface area (TPSA) is 95.8 Å². The molecule has 0 spiro atoms. The van der Waals surface area contributed by atoms with E-state index < -0.39 is 6.10 Å². The van der Waals surface area contributed by atoms with Crippen LogP contribution in [0.2, 0.25) is 0 Å². The van der Waals surface area contributed by atoms with E-state index in [4.69, 9.17) is 11.0 Å². The molecular weight excluding hydrogens is 268 g/mol. The zero-order chi connectivity index (χ0) is 13.0. The van der Waals surface area contributed by atoms with E-state index in [1.165, 1.54) is 23.1 Å². The molecule has 0 aliphatic heterocycles. The third-order valence-electron chi connectivity index (χ3n) is 2.21. The first-order chi connectivity index (χ1) is 8.69. The minimum atomic E-state index is -0.604. The highest BCUT2D eigenvalue weighted by atomic mass is 32.2. The molecule has 0 radical (unpaired) electrons. The van der Waals surface area contributed by atoms with Gasteiger partial charge in [-0.2, -0.15) is 5.26 Å². The highest BCUT2D eigenvalue weighted by Crippen LogP contribution is 2.27. The molecule has 1 unspecified atom stereocenters. The Morgan fingerprint density at radius 3 is 2.67 bits per heavy atom. The molecular formula is C11H10N4OS2. The lowest BCUT2D eigenvalue weighted by Gasteiger charge is -2.09. The first-order valence-electron chi connectivity index (χ1n) is 5.09. The van der Waals surface area contributed by atoms with Crippen LogP contribution in [0.1, 0.15) is 17.2 Å². The van der Waals surface area contributed by atoms with Crippen molar-refractivity contribution in [2.24, 2.45) is 0 Å². The van der Waals surface area contributed by atoms with Gasteiger partial charge >= 0.3 is 0 Å². The molecule has 1 atom stereocenters. The molecule has 0 amide bonds. The standard InChI is InChI=1S/C11H10N4OS2/c12-5-7-1-3-8(4-2-7)9(16)6-17-11-15-14-10(13)18-11/h1-4,9,16H,6H2,(H2,13,14). The monoisotopic (exact) mass is 278 g/mol. The first-order valence-corrected chi connectivity index (χ1v) is 6.89. The Hall–Kier alpha value is -1.62. The summed E-state index contributed by atoms with van der Waals surface area (Å²) in [5, 5.41) is 26.6. The smallest absolute Gasteiger partial charge is 0.203 e. The van der Waals surface area contributed by atoms with Crippen molar-refractivity contribution in [3.63, 3.8) is 0 Å². The Morgan fingerprint density at radius 2 is 2.11 bits per heavy atom. The molecule has 3 N–H and O–H groups in total. The van der Waals surface area contributed by atoms with Gasteiger partial charge in [-0.1, -0.05) is 35.2 Å². The normalized spacial score (nSPS) is 12.0. The summed E-state index contributed by atoms with van der Waals surface area (Å²) in [5.74, 6) is 0.473. The van der Waals surface area contributed by atoms with Gasteiger partial charge < -0.3 is 10.8 Å². The summed E-state index contributed by atoms with van der Waals surface area (Å²) in [4.78, 5) is 0. The molecule has 2 aromatic rings. The second-order valence-electron chi connectivity index (χ2n) is 3.47. The minimum Gasteiger partial charge on any atom is -0.388 e. The number of hydrogen-bond acceptors (Lipinski definition) is 7. The average Bonchev–Trinajstić information content (AvgIpc) is 2.82. The lowest BCUT2D eigenvalue weighted by molar-refractivity contribution is 0.204. The molecule has 1 aromatic heterocycles. The van der Waals surface area contributed by atoms with Gasteiger partial charge in [-0.3, -0.25) is 0 Å². The molecule has 7 heteroatoms. The highest BCUT2D eigenvalue weighted by molar-refractivity contribution is 8.01. The summed E-state index contributed by atoms with van der Waals surface area (Å²) in [5.41, 5.74) is 6.82. The van der Waals surface area contributed by atoms with E-state index in [1.54, 1.807) is 24.3 Å². The lowest BCUT2D eigenvalue weighted by Crippen LogP contribution is -2.00. The number of nitrogens with zero attached hydrogens (tertiary/aromatic N) is 3. The lowest BCUT2D eigenvalue weighted by atomic mass is 10.1. The van der Waals surface area contributed by atoms with Crippen molar-refractivity contribution in [2.75, 3.05) is 11.5 Å². The quantitative estimate of drug-likeness (QED) is 0.828. The van der Waals surface area contributed by atoms with Crippen LogP contribution in [0.5, 0.6) is 0 Å². The zero-order valence-electron chi connectivity index (χ0n) is 9.28. The maximum absolute atomic E-state index is 9.97. The summed E-state index contributed by atoms with van der Waals surface area (Å²) in [6, 6.07) is 8.91. The van der Waals surface area contributed by atoms with Crippen molar-refractivity contribution < 1.29 is 5.11 Å². The Bertz CT molecular complexity index is 561. The Labute approximate surface area is 112 Å².